The lowest BCUT2D eigenvalue weighted by atomic mass is 10.4. The number of nitrogens with zero attached hydrogens (tertiary/aromatic N) is 1. The van der Waals surface area contributed by atoms with Gasteiger partial charge in [0, 0.05) is 12.8 Å². The number of hydrogen-bond donors (Lipinski definition) is 1. The van der Waals surface area contributed by atoms with E-state index in [1.165, 1.54) is 0 Å². The Hall–Kier alpha value is -0.610. The van der Waals surface area contributed by atoms with E-state index in [0.717, 1.165) is 4.90 Å². The van der Waals surface area contributed by atoms with Gasteiger partial charge in [-0.3, -0.25) is 14.5 Å². The predicted molar refractivity (Wildman–Crippen MR) is 42.7 cm³/mol. The van der Waals surface area contributed by atoms with Gasteiger partial charge < -0.3 is 5.11 Å². The summed E-state index contributed by atoms with van der Waals surface area (Å²) < 4.78 is 0. The maximum atomic E-state index is 11.0. The summed E-state index contributed by atoms with van der Waals surface area (Å²) in [4.78, 5) is 23.0. The number of likely N-dealkylation sites (tertiary alicyclic amines) is 1. The number of aliphatic hydroxyl groups excluding tert-OH is 1. The van der Waals surface area contributed by atoms with Gasteiger partial charge in [-0.2, -0.15) is 0 Å². The molecule has 1 atom stereocenters. The minimum absolute atomic E-state index is 0.0289. The lowest BCUT2D eigenvalue weighted by Crippen LogP contribution is -2.37. The van der Waals surface area contributed by atoms with E-state index < -0.39 is 6.10 Å². The third kappa shape index (κ3) is 1.95. The van der Waals surface area contributed by atoms with Crippen LogP contribution in [-0.2, 0) is 9.59 Å². The second-order valence-electron chi connectivity index (χ2n) is 2.71. The molecule has 4 nitrogen and oxygen atoms in total. The van der Waals surface area contributed by atoms with E-state index >= 15 is 0 Å². The van der Waals surface area contributed by atoms with E-state index in [2.05, 4.69) is 0 Å². The SMILES string of the molecule is O=C1CCC(=O)N1CC(O)CCl. The molecule has 0 aromatic rings. The number of carbonyl (C=O) groups is 2. The van der Waals surface area contributed by atoms with Crippen LogP contribution in [0.4, 0.5) is 0 Å². The van der Waals surface area contributed by atoms with Crippen LogP contribution in [0.3, 0.4) is 0 Å². The van der Waals surface area contributed by atoms with Crippen LogP contribution in [0.15, 0.2) is 0 Å². The zero-order chi connectivity index (χ0) is 9.14. The Kier molecular flexibility index (Phi) is 3.05. The van der Waals surface area contributed by atoms with Crippen LogP contribution in [0, 0.1) is 0 Å². The van der Waals surface area contributed by atoms with E-state index in [4.69, 9.17) is 16.7 Å². The molecule has 12 heavy (non-hydrogen) atoms. The van der Waals surface area contributed by atoms with Crippen molar-refractivity contribution in [2.24, 2.45) is 0 Å². The molecule has 0 radical (unpaired) electrons. The van der Waals surface area contributed by atoms with Crippen LogP contribution in [0.2, 0.25) is 0 Å². The number of imide groups is 1. The Bertz CT molecular complexity index is 191. The van der Waals surface area contributed by atoms with E-state index in [0.29, 0.717) is 0 Å². The predicted octanol–water partition coefficient (Wildman–Crippen LogP) is -0.265. The van der Waals surface area contributed by atoms with Gasteiger partial charge in [0.1, 0.15) is 0 Å². The second-order valence-corrected chi connectivity index (χ2v) is 3.01. The van der Waals surface area contributed by atoms with Crippen molar-refractivity contribution in [1.82, 2.24) is 4.90 Å². The summed E-state index contributed by atoms with van der Waals surface area (Å²) in [5.41, 5.74) is 0. The van der Waals surface area contributed by atoms with Crippen molar-refractivity contribution in [2.45, 2.75) is 18.9 Å². The molecule has 5 heteroatoms. The Morgan fingerprint density at radius 2 is 1.92 bits per heavy atom. The van der Waals surface area contributed by atoms with E-state index in [9.17, 15) is 9.59 Å². The largest absolute Gasteiger partial charge is 0.390 e. The lowest BCUT2D eigenvalue weighted by Gasteiger charge is -2.16. The fourth-order valence-corrected chi connectivity index (χ4v) is 1.18. The van der Waals surface area contributed by atoms with Crippen LogP contribution in [0.1, 0.15) is 12.8 Å². The van der Waals surface area contributed by atoms with Gasteiger partial charge in [-0.05, 0) is 0 Å². The maximum Gasteiger partial charge on any atom is 0.229 e. The van der Waals surface area contributed by atoms with Crippen molar-refractivity contribution in [3.8, 4) is 0 Å². The number of carbonyl (C=O) groups excluding carboxylic acids is 2. The summed E-state index contributed by atoms with van der Waals surface area (Å²) >= 11 is 5.33. The van der Waals surface area contributed by atoms with E-state index in [1.54, 1.807) is 0 Å². The molecule has 1 unspecified atom stereocenters. The van der Waals surface area contributed by atoms with Crippen LogP contribution in [0.5, 0.6) is 0 Å². The Labute approximate surface area is 75.1 Å². The standard InChI is InChI=1S/C7H10ClNO3/c8-3-5(10)4-9-6(11)1-2-7(9)12/h5,10H,1-4H2. The van der Waals surface area contributed by atoms with Crippen molar-refractivity contribution in [3.05, 3.63) is 0 Å². The monoisotopic (exact) mass is 191 g/mol. The molecule has 0 saturated carbocycles. The molecule has 0 aromatic heterocycles. The molecule has 1 N–H and O–H groups in total. The molecule has 0 aromatic carbocycles. The minimum Gasteiger partial charge on any atom is -0.390 e. The maximum absolute atomic E-state index is 11.0. The molecule has 68 valence electrons. The highest BCUT2D eigenvalue weighted by atomic mass is 35.5. The normalized spacial score (nSPS) is 20.3. The highest BCUT2D eigenvalue weighted by molar-refractivity contribution is 6.18. The third-order valence-electron chi connectivity index (χ3n) is 1.73. The molecule has 1 aliphatic heterocycles. The fourth-order valence-electron chi connectivity index (χ4n) is 1.09. The van der Waals surface area contributed by atoms with Crippen LogP contribution >= 0.6 is 11.6 Å². The zero-order valence-corrected chi connectivity index (χ0v) is 7.25. The fraction of sp³-hybridized carbons (Fsp3) is 0.714. The molecular formula is C7H10ClNO3. The number of alkyl halides is 1. The summed E-state index contributed by atoms with van der Waals surface area (Å²) in [6, 6.07) is 0. The zero-order valence-electron chi connectivity index (χ0n) is 6.49. The van der Waals surface area contributed by atoms with Crippen LogP contribution in [0.25, 0.3) is 0 Å². The van der Waals surface area contributed by atoms with Gasteiger partial charge in [0.15, 0.2) is 0 Å². The Morgan fingerprint density at radius 1 is 1.42 bits per heavy atom. The number of halogens is 1. The van der Waals surface area contributed by atoms with Crippen LogP contribution in [-0.4, -0.2) is 40.3 Å². The summed E-state index contributed by atoms with van der Waals surface area (Å²) in [6.45, 7) is 0.0289. The van der Waals surface area contributed by atoms with Gasteiger partial charge in [-0.15, -0.1) is 11.6 Å². The van der Waals surface area contributed by atoms with Crippen molar-refractivity contribution in [2.75, 3.05) is 12.4 Å². The van der Waals surface area contributed by atoms with Gasteiger partial charge in [-0.1, -0.05) is 0 Å². The third-order valence-corrected chi connectivity index (χ3v) is 2.08. The molecule has 1 fully saturated rings. The molecule has 1 saturated heterocycles. The number of aliphatic hydroxyl groups is 1. The highest BCUT2D eigenvalue weighted by Crippen LogP contribution is 2.11. The number of β-amino-alcohol motifs (C(OH)–C–C–N with tert-alkyl or cyclic N) is 1. The van der Waals surface area contributed by atoms with Gasteiger partial charge in [0.25, 0.3) is 0 Å². The molecule has 1 aliphatic rings. The van der Waals surface area contributed by atoms with Gasteiger partial charge in [0.05, 0.1) is 18.5 Å². The van der Waals surface area contributed by atoms with Gasteiger partial charge in [0.2, 0.25) is 11.8 Å². The second kappa shape index (κ2) is 3.87. The first-order valence-electron chi connectivity index (χ1n) is 3.72. The number of rotatable bonds is 3. The Morgan fingerprint density at radius 3 is 2.33 bits per heavy atom. The molecule has 1 heterocycles. The molecule has 1 rings (SSSR count). The van der Waals surface area contributed by atoms with Crippen molar-refractivity contribution < 1.29 is 14.7 Å². The average molecular weight is 192 g/mol. The van der Waals surface area contributed by atoms with Crippen molar-refractivity contribution in [1.29, 1.82) is 0 Å². The molecule has 2 amide bonds. The highest BCUT2D eigenvalue weighted by Gasteiger charge is 2.29. The van der Waals surface area contributed by atoms with Gasteiger partial charge >= 0.3 is 0 Å². The summed E-state index contributed by atoms with van der Waals surface area (Å²) in [6.07, 6.45) is -0.292. The molecule has 0 bridgehead atoms. The molecular weight excluding hydrogens is 182 g/mol. The summed E-state index contributed by atoms with van der Waals surface area (Å²) in [5, 5.41) is 9.08. The first kappa shape index (κ1) is 9.48. The minimum atomic E-state index is -0.808. The van der Waals surface area contributed by atoms with E-state index in [1.807, 2.05) is 0 Å². The topological polar surface area (TPSA) is 57.6 Å². The van der Waals surface area contributed by atoms with Crippen molar-refractivity contribution >= 4 is 23.4 Å². The first-order chi connectivity index (χ1) is 5.65. The van der Waals surface area contributed by atoms with Crippen molar-refractivity contribution in [3.63, 3.8) is 0 Å². The first-order valence-corrected chi connectivity index (χ1v) is 4.26. The van der Waals surface area contributed by atoms with Crippen LogP contribution < -0.4 is 0 Å². The summed E-state index contributed by atoms with van der Waals surface area (Å²) in [7, 11) is 0. The molecule has 0 aliphatic carbocycles. The molecule has 0 spiro atoms. The van der Waals surface area contributed by atoms with E-state index in [-0.39, 0.29) is 37.1 Å². The average Bonchev–Trinajstić information content (AvgIpc) is 2.35. The number of amides is 2. The number of hydrogen-bond acceptors (Lipinski definition) is 3. The lowest BCUT2D eigenvalue weighted by molar-refractivity contribution is -0.139. The van der Waals surface area contributed by atoms with Gasteiger partial charge in [-0.25, -0.2) is 0 Å². The summed E-state index contributed by atoms with van der Waals surface area (Å²) in [5.74, 6) is -0.398. The smallest absolute Gasteiger partial charge is 0.229 e. The Balaban J connectivity index is 2.50. The quantitative estimate of drug-likeness (QED) is 0.494.